The van der Waals surface area contributed by atoms with E-state index >= 15 is 0 Å². The first kappa shape index (κ1) is 18.3. The number of ether oxygens (including phenoxy) is 2. The van der Waals surface area contributed by atoms with Gasteiger partial charge in [-0.05, 0) is 47.6 Å². The molecule has 0 unspecified atom stereocenters. The predicted octanol–water partition coefficient (Wildman–Crippen LogP) is 3.94. The number of fused-ring (bicyclic) bond motifs is 1. The average molecular weight is 382 g/mol. The standard InChI is InChI=1S/C18H17F3N2O2S/c1-23(10-12-2-5-14(6-3-12)18(19,20)21)17(26)22-9-13-4-7-15-16(8-13)25-11-24-15/h2-8H,9-11H2,1H3,(H,22,26). The highest BCUT2D eigenvalue weighted by atomic mass is 32.1. The van der Waals surface area contributed by atoms with Gasteiger partial charge in [-0.3, -0.25) is 0 Å². The fourth-order valence-corrected chi connectivity index (χ4v) is 2.65. The maximum Gasteiger partial charge on any atom is 0.416 e. The van der Waals surface area contributed by atoms with Crippen LogP contribution in [0.5, 0.6) is 11.5 Å². The summed E-state index contributed by atoms with van der Waals surface area (Å²) in [4.78, 5) is 1.77. The minimum atomic E-state index is -4.33. The second kappa shape index (κ2) is 7.41. The fraction of sp³-hybridized carbons (Fsp3) is 0.278. The third-order valence-corrected chi connectivity index (χ3v) is 4.38. The van der Waals surface area contributed by atoms with E-state index in [9.17, 15) is 13.2 Å². The minimum absolute atomic E-state index is 0.223. The Kier molecular flexibility index (Phi) is 5.22. The highest BCUT2D eigenvalue weighted by molar-refractivity contribution is 7.80. The van der Waals surface area contributed by atoms with E-state index in [2.05, 4.69) is 5.32 Å². The van der Waals surface area contributed by atoms with Crippen LogP contribution < -0.4 is 14.8 Å². The van der Waals surface area contributed by atoms with Gasteiger partial charge in [-0.25, -0.2) is 0 Å². The van der Waals surface area contributed by atoms with Crippen LogP contribution in [0.2, 0.25) is 0 Å². The number of hydrogen-bond donors (Lipinski definition) is 1. The Morgan fingerprint density at radius 2 is 1.73 bits per heavy atom. The maximum absolute atomic E-state index is 12.6. The molecule has 1 N–H and O–H groups in total. The van der Waals surface area contributed by atoms with E-state index in [1.54, 1.807) is 11.9 Å². The summed E-state index contributed by atoms with van der Waals surface area (Å²) in [6, 6.07) is 10.7. The molecule has 0 saturated heterocycles. The molecule has 8 heteroatoms. The lowest BCUT2D eigenvalue weighted by Gasteiger charge is -2.21. The monoisotopic (exact) mass is 382 g/mol. The van der Waals surface area contributed by atoms with Crippen molar-refractivity contribution in [2.75, 3.05) is 13.8 Å². The van der Waals surface area contributed by atoms with Crippen molar-refractivity contribution in [3.8, 4) is 11.5 Å². The van der Waals surface area contributed by atoms with Crippen molar-refractivity contribution in [1.29, 1.82) is 0 Å². The molecule has 0 aliphatic carbocycles. The smallest absolute Gasteiger partial charge is 0.416 e. The molecule has 0 spiro atoms. The van der Waals surface area contributed by atoms with E-state index < -0.39 is 11.7 Å². The van der Waals surface area contributed by atoms with Crippen molar-refractivity contribution < 1.29 is 22.6 Å². The number of benzene rings is 2. The van der Waals surface area contributed by atoms with Crippen LogP contribution in [-0.2, 0) is 19.3 Å². The number of nitrogens with zero attached hydrogens (tertiary/aromatic N) is 1. The Morgan fingerprint density at radius 1 is 1.08 bits per heavy atom. The third-order valence-electron chi connectivity index (χ3n) is 3.93. The van der Waals surface area contributed by atoms with E-state index in [1.807, 2.05) is 18.2 Å². The predicted molar refractivity (Wildman–Crippen MR) is 94.9 cm³/mol. The summed E-state index contributed by atoms with van der Waals surface area (Å²) in [7, 11) is 1.78. The molecule has 1 aliphatic rings. The molecule has 0 aromatic heterocycles. The van der Waals surface area contributed by atoms with Crippen molar-refractivity contribution in [1.82, 2.24) is 10.2 Å². The number of thiocarbonyl (C=S) groups is 1. The van der Waals surface area contributed by atoms with E-state index in [0.29, 0.717) is 24.0 Å². The van der Waals surface area contributed by atoms with Gasteiger partial charge in [-0.15, -0.1) is 0 Å². The van der Waals surface area contributed by atoms with Gasteiger partial charge < -0.3 is 19.7 Å². The van der Waals surface area contributed by atoms with Gasteiger partial charge in [0, 0.05) is 20.1 Å². The number of alkyl halides is 3. The summed E-state index contributed by atoms with van der Waals surface area (Å²) in [6.45, 7) is 1.14. The van der Waals surface area contributed by atoms with Crippen LogP contribution in [0.4, 0.5) is 13.2 Å². The molecular weight excluding hydrogens is 365 g/mol. The van der Waals surface area contributed by atoms with Crippen molar-refractivity contribution in [2.24, 2.45) is 0 Å². The van der Waals surface area contributed by atoms with Gasteiger partial charge in [0.05, 0.1) is 5.56 Å². The molecule has 2 aromatic carbocycles. The zero-order valence-electron chi connectivity index (χ0n) is 14.0. The Balaban J connectivity index is 1.53. The normalized spacial score (nSPS) is 12.8. The third kappa shape index (κ3) is 4.37. The molecule has 26 heavy (non-hydrogen) atoms. The lowest BCUT2D eigenvalue weighted by Crippen LogP contribution is -2.36. The Labute approximate surface area is 154 Å². The van der Waals surface area contributed by atoms with Gasteiger partial charge in [-0.2, -0.15) is 13.2 Å². The van der Waals surface area contributed by atoms with Crippen LogP contribution in [-0.4, -0.2) is 23.9 Å². The van der Waals surface area contributed by atoms with Crippen LogP contribution in [0.1, 0.15) is 16.7 Å². The first-order valence-electron chi connectivity index (χ1n) is 7.86. The maximum atomic E-state index is 12.6. The molecule has 138 valence electrons. The van der Waals surface area contributed by atoms with E-state index in [1.165, 1.54) is 12.1 Å². The molecule has 2 aromatic rings. The van der Waals surface area contributed by atoms with Crippen molar-refractivity contribution in [3.63, 3.8) is 0 Å². The highest BCUT2D eigenvalue weighted by Crippen LogP contribution is 2.32. The quantitative estimate of drug-likeness (QED) is 0.810. The number of nitrogens with one attached hydrogen (secondary N) is 1. The van der Waals surface area contributed by atoms with Crippen LogP contribution in [0, 0.1) is 0 Å². The van der Waals surface area contributed by atoms with Crippen molar-refractivity contribution >= 4 is 17.3 Å². The van der Waals surface area contributed by atoms with Gasteiger partial charge in [0.15, 0.2) is 16.6 Å². The van der Waals surface area contributed by atoms with Gasteiger partial charge in [0.2, 0.25) is 6.79 Å². The molecule has 0 saturated carbocycles. The highest BCUT2D eigenvalue weighted by Gasteiger charge is 2.29. The zero-order valence-corrected chi connectivity index (χ0v) is 14.8. The fourth-order valence-electron chi connectivity index (χ4n) is 2.51. The summed E-state index contributed by atoms with van der Waals surface area (Å²) in [5.74, 6) is 1.42. The molecule has 0 atom stereocenters. The van der Waals surface area contributed by atoms with Gasteiger partial charge in [0.25, 0.3) is 0 Å². The first-order valence-corrected chi connectivity index (χ1v) is 8.27. The zero-order chi connectivity index (χ0) is 18.7. The molecule has 0 fully saturated rings. The number of rotatable bonds is 4. The van der Waals surface area contributed by atoms with Crippen LogP contribution in [0.3, 0.4) is 0 Å². The molecule has 0 bridgehead atoms. The Hall–Kier alpha value is -2.48. The van der Waals surface area contributed by atoms with Gasteiger partial charge in [0.1, 0.15) is 0 Å². The van der Waals surface area contributed by atoms with Crippen molar-refractivity contribution in [2.45, 2.75) is 19.3 Å². The lowest BCUT2D eigenvalue weighted by atomic mass is 10.1. The van der Waals surface area contributed by atoms with E-state index in [0.717, 1.165) is 29.0 Å². The van der Waals surface area contributed by atoms with E-state index in [-0.39, 0.29) is 6.79 Å². The minimum Gasteiger partial charge on any atom is -0.454 e. The topological polar surface area (TPSA) is 33.7 Å². The van der Waals surface area contributed by atoms with Crippen LogP contribution >= 0.6 is 12.2 Å². The van der Waals surface area contributed by atoms with Crippen LogP contribution in [0.15, 0.2) is 42.5 Å². The second-order valence-corrected chi connectivity index (χ2v) is 6.28. The van der Waals surface area contributed by atoms with Crippen molar-refractivity contribution in [3.05, 3.63) is 59.2 Å². The summed E-state index contributed by atoms with van der Waals surface area (Å²) < 4.78 is 48.4. The summed E-state index contributed by atoms with van der Waals surface area (Å²) >= 11 is 5.34. The second-order valence-electron chi connectivity index (χ2n) is 5.90. The first-order chi connectivity index (χ1) is 12.3. The molecule has 1 heterocycles. The largest absolute Gasteiger partial charge is 0.454 e. The lowest BCUT2D eigenvalue weighted by molar-refractivity contribution is -0.137. The van der Waals surface area contributed by atoms with Crippen LogP contribution in [0.25, 0.3) is 0 Å². The van der Waals surface area contributed by atoms with Gasteiger partial charge >= 0.3 is 6.18 Å². The Morgan fingerprint density at radius 3 is 2.42 bits per heavy atom. The Bertz CT molecular complexity index is 794. The molecule has 1 aliphatic heterocycles. The molecule has 4 nitrogen and oxygen atoms in total. The molecule has 3 rings (SSSR count). The molecule has 0 amide bonds. The molecular formula is C18H17F3N2O2S. The molecule has 0 radical (unpaired) electrons. The number of halogens is 3. The number of hydrogen-bond acceptors (Lipinski definition) is 3. The average Bonchev–Trinajstić information content (AvgIpc) is 3.07. The summed E-state index contributed by atoms with van der Waals surface area (Å²) in [5.41, 5.74) is 1.07. The summed E-state index contributed by atoms with van der Waals surface area (Å²) in [6.07, 6.45) is -4.33. The summed E-state index contributed by atoms with van der Waals surface area (Å²) in [5, 5.41) is 3.63. The SMILES string of the molecule is CN(Cc1ccc(C(F)(F)F)cc1)C(=S)NCc1ccc2c(c1)OCO2. The van der Waals surface area contributed by atoms with E-state index in [4.69, 9.17) is 21.7 Å². The van der Waals surface area contributed by atoms with Gasteiger partial charge in [-0.1, -0.05) is 18.2 Å².